The zero-order valence-electron chi connectivity index (χ0n) is 24.6. The molecule has 0 fully saturated rings. The number of carbonyl (C=O) groups excluding carboxylic acids is 3. The van der Waals surface area contributed by atoms with Gasteiger partial charge < -0.3 is 15.4 Å². The summed E-state index contributed by atoms with van der Waals surface area (Å²) >= 11 is 0. The molecule has 1 rings (SSSR count). The van der Waals surface area contributed by atoms with Gasteiger partial charge in [0, 0.05) is 5.57 Å². The maximum Gasteiger partial charge on any atom is 0.329 e. The molecule has 0 unspecified atom stereocenters. The third kappa shape index (κ3) is 11.0. The summed E-state index contributed by atoms with van der Waals surface area (Å²) in [7, 11) is 0. The van der Waals surface area contributed by atoms with Crippen LogP contribution in [0.25, 0.3) is 0 Å². The van der Waals surface area contributed by atoms with Gasteiger partial charge in [0.15, 0.2) is 0 Å². The minimum Gasteiger partial charge on any atom is -0.461 e. The molecule has 0 radical (unpaired) electrons. The molecule has 1 aliphatic rings. The highest BCUT2D eigenvalue weighted by atomic mass is 16.5. The topological polar surface area (TPSA) is 84.5 Å². The molecule has 0 saturated heterocycles. The highest BCUT2D eigenvalue weighted by Gasteiger charge is 2.33. The van der Waals surface area contributed by atoms with Gasteiger partial charge in [-0.2, -0.15) is 0 Å². The third-order valence-corrected chi connectivity index (χ3v) is 7.66. The fraction of sp³-hybridized carbons (Fsp3) is 0.833. The van der Waals surface area contributed by atoms with Gasteiger partial charge in [0.2, 0.25) is 11.8 Å². The van der Waals surface area contributed by atoms with Crippen molar-refractivity contribution in [2.75, 3.05) is 0 Å². The second-order valence-electron chi connectivity index (χ2n) is 12.2. The van der Waals surface area contributed by atoms with Crippen molar-refractivity contribution >= 4 is 17.8 Å². The highest BCUT2D eigenvalue weighted by molar-refractivity contribution is 5.97. The van der Waals surface area contributed by atoms with E-state index >= 15 is 0 Å². The first-order chi connectivity index (χ1) is 16.7. The third-order valence-electron chi connectivity index (χ3n) is 7.66. The van der Waals surface area contributed by atoms with Crippen LogP contribution in [-0.2, 0) is 19.1 Å². The number of hydrogen-bond acceptors (Lipinski definition) is 4. The Bertz CT molecular complexity index is 747. The largest absolute Gasteiger partial charge is 0.461 e. The van der Waals surface area contributed by atoms with Gasteiger partial charge in [0.05, 0.1) is 6.10 Å². The zero-order chi connectivity index (χ0) is 27.6. The molecule has 0 aliphatic carbocycles. The Kier molecular flexibility index (Phi) is 13.8. The van der Waals surface area contributed by atoms with Crippen LogP contribution in [0.4, 0.5) is 0 Å². The molecule has 36 heavy (non-hydrogen) atoms. The fourth-order valence-corrected chi connectivity index (χ4v) is 5.44. The monoisotopic (exact) mass is 506 g/mol. The van der Waals surface area contributed by atoms with E-state index in [1.165, 1.54) is 0 Å². The molecule has 0 aromatic rings. The van der Waals surface area contributed by atoms with E-state index in [-0.39, 0.29) is 35.7 Å². The molecular weight excluding hydrogens is 452 g/mol. The van der Waals surface area contributed by atoms with E-state index in [2.05, 4.69) is 38.3 Å². The SMILES string of the molecule is CC[C@@H](C)[C@@H]1NC(=O)[C@H](C(C)C)NC(=O)/C(C)=C\[C@H](C)C[C@H](C)C[C@@H](C)C[C@H](C)CC[C@H](C)OC1=O. The summed E-state index contributed by atoms with van der Waals surface area (Å²) in [6, 6.07) is -1.48. The predicted octanol–water partition coefficient (Wildman–Crippen LogP) is 6.04. The molecule has 0 aromatic heterocycles. The number of cyclic esters (lactones) is 1. The van der Waals surface area contributed by atoms with E-state index < -0.39 is 18.1 Å². The minimum absolute atomic E-state index is 0.0840. The highest BCUT2D eigenvalue weighted by Crippen LogP contribution is 2.27. The average molecular weight is 507 g/mol. The van der Waals surface area contributed by atoms with Gasteiger partial charge in [-0.05, 0) is 81.5 Å². The van der Waals surface area contributed by atoms with Crippen LogP contribution in [-0.4, -0.2) is 36.0 Å². The maximum absolute atomic E-state index is 13.3. The van der Waals surface area contributed by atoms with Crippen molar-refractivity contribution in [2.45, 2.75) is 126 Å². The molecule has 8 atom stereocenters. The van der Waals surface area contributed by atoms with Crippen molar-refractivity contribution in [2.24, 2.45) is 35.5 Å². The molecule has 208 valence electrons. The van der Waals surface area contributed by atoms with Gasteiger partial charge in [-0.25, -0.2) is 4.79 Å². The first kappa shape index (κ1) is 32.2. The number of amides is 2. The fourth-order valence-electron chi connectivity index (χ4n) is 5.44. The van der Waals surface area contributed by atoms with Crippen molar-refractivity contribution in [3.63, 3.8) is 0 Å². The second-order valence-corrected chi connectivity index (χ2v) is 12.2. The zero-order valence-corrected chi connectivity index (χ0v) is 24.6. The maximum atomic E-state index is 13.3. The Labute approximate surface area is 220 Å². The minimum atomic E-state index is -0.746. The number of esters is 1. The first-order valence-corrected chi connectivity index (χ1v) is 14.2. The molecule has 6 nitrogen and oxygen atoms in total. The number of allylic oxidation sites excluding steroid dienone is 1. The summed E-state index contributed by atoms with van der Waals surface area (Å²) in [6.45, 7) is 20.5. The Morgan fingerprint density at radius 1 is 0.861 bits per heavy atom. The smallest absolute Gasteiger partial charge is 0.329 e. The lowest BCUT2D eigenvalue weighted by Gasteiger charge is -2.29. The number of carbonyl (C=O) groups is 3. The molecule has 0 spiro atoms. The van der Waals surface area contributed by atoms with Crippen molar-refractivity contribution < 1.29 is 19.1 Å². The van der Waals surface area contributed by atoms with Crippen LogP contribution in [0.1, 0.15) is 108 Å². The average Bonchev–Trinajstić information content (AvgIpc) is 2.77. The lowest BCUT2D eigenvalue weighted by molar-refractivity contribution is -0.154. The summed E-state index contributed by atoms with van der Waals surface area (Å²) < 4.78 is 5.80. The van der Waals surface area contributed by atoms with Crippen LogP contribution in [0.5, 0.6) is 0 Å². The Balaban J connectivity index is 3.22. The van der Waals surface area contributed by atoms with E-state index in [0.29, 0.717) is 23.3 Å². The quantitative estimate of drug-likeness (QED) is 0.457. The van der Waals surface area contributed by atoms with Crippen LogP contribution >= 0.6 is 0 Å². The lowest BCUT2D eigenvalue weighted by atomic mass is 9.84. The molecule has 1 heterocycles. The van der Waals surface area contributed by atoms with E-state index in [0.717, 1.165) is 38.5 Å². The number of nitrogens with one attached hydrogen (secondary N) is 2. The molecule has 0 saturated carbocycles. The first-order valence-electron chi connectivity index (χ1n) is 14.2. The molecule has 6 heteroatoms. The van der Waals surface area contributed by atoms with Crippen LogP contribution in [0.3, 0.4) is 0 Å². The standard InChI is InChI=1S/C30H54N2O4/c1-11-23(8)27-30(35)36-25(10)13-12-19(4)14-20(5)15-21(6)16-22(7)17-24(9)28(33)31-26(18(2)3)29(34)32-27/h17-23,25-27H,11-16H2,1-10H3,(H,31,33)(H,32,34)/b24-17-/t19-,20+,21-,22-,23-,25+,26+,27+/m1/s1. The molecule has 0 bridgehead atoms. The molecule has 2 N–H and O–H groups in total. The number of ether oxygens (including phenoxy) is 1. The van der Waals surface area contributed by atoms with Gasteiger partial charge in [-0.3, -0.25) is 9.59 Å². The van der Waals surface area contributed by atoms with E-state index in [1.807, 2.05) is 47.6 Å². The van der Waals surface area contributed by atoms with Crippen molar-refractivity contribution in [3.8, 4) is 0 Å². The second kappa shape index (κ2) is 15.4. The van der Waals surface area contributed by atoms with E-state index in [4.69, 9.17) is 4.74 Å². The predicted molar refractivity (Wildman–Crippen MR) is 147 cm³/mol. The summed E-state index contributed by atoms with van der Waals surface area (Å²) in [5.41, 5.74) is 0.621. The van der Waals surface area contributed by atoms with Crippen LogP contribution < -0.4 is 10.6 Å². The van der Waals surface area contributed by atoms with Crippen LogP contribution in [0.2, 0.25) is 0 Å². The molecule has 2 amide bonds. The number of rotatable bonds is 3. The van der Waals surface area contributed by atoms with E-state index in [9.17, 15) is 14.4 Å². The molecule has 0 aromatic carbocycles. The Hall–Kier alpha value is -1.85. The van der Waals surface area contributed by atoms with Crippen molar-refractivity contribution in [1.29, 1.82) is 0 Å². The summed E-state index contributed by atoms with van der Waals surface area (Å²) in [5.74, 6) is 0.815. The Morgan fingerprint density at radius 2 is 1.44 bits per heavy atom. The van der Waals surface area contributed by atoms with Crippen molar-refractivity contribution in [1.82, 2.24) is 10.6 Å². The van der Waals surface area contributed by atoms with Gasteiger partial charge in [0.1, 0.15) is 12.1 Å². The van der Waals surface area contributed by atoms with Crippen LogP contribution in [0, 0.1) is 35.5 Å². The van der Waals surface area contributed by atoms with Gasteiger partial charge in [0.25, 0.3) is 0 Å². The molecule has 1 aliphatic heterocycles. The summed E-state index contributed by atoms with van der Waals surface area (Å²) in [5, 5.41) is 5.82. The lowest BCUT2D eigenvalue weighted by Crippen LogP contribution is -2.55. The molecular formula is C30H54N2O4. The summed E-state index contributed by atoms with van der Waals surface area (Å²) in [6.07, 6.45) is 7.69. The van der Waals surface area contributed by atoms with Gasteiger partial charge in [-0.15, -0.1) is 0 Å². The van der Waals surface area contributed by atoms with Crippen LogP contribution in [0.15, 0.2) is 11.6 Å². The van der Waals surface area contributed by atoms with Crippen molar-refractivity contribution in [3.05, 3.63) is 11.6 Å². The summed E-state index contributed by atoms with van der Waals surface area (Å²) in [4.78, 5) is 39.4. The van der Waals surface area contributed by atoms with Gasteiger partial charge in [-0.1, -0.05) is 67.9 Å². The normalized spacial score (nSPS) is 35.1. The van der Waals surface area contributed by atoms with Gasteiger partial charge >= 0.3 is 5.97 Å². The van der Waals surface area contributed by atoms with E-state index in [1.54, 1.807) is 0 Å². The Morgan fingerprint density at radius 3 is 2.03 bits per heavy atom. The number of hydrogen-bond donors (Lipinski definition) is 2.